The quantitative estimate of drug-likeness (QED) is 0.405. The average molecular weight is 329 g/mol. The molecule has 0 spiro atoms. The molecule has 1 aliphatic rings. The molecule has 0 aliphatic carbocycles. The first-order valence-corrected chi connectivity index (χ1v) is 6.81. The van der Waals surface area contributed by atoms with Crippen LogP contribution < -0.4 is 61.6 Å². The molecule has 0 atom stereocenters. The predicted octanol–water partition coefficient (Wildman–Crippen LogP) is -0.251. The van der Waals surface area contributed by atoms with Gasteiger partial charge < -0.3 is 22.6 Å². The number of halogens is 4. The zero-order valence-corrected chi connectivity index (χ0v) is 15.2. The van der Waals surface area contributed by atoms with Crippen molar-refractivity contribution >= 4 is 12.4 Å². The fourth-order valence-corrected chi connectivity index (χ4v) is 2.31. The first-order chi connectivity index (χ1) is 9.47. The molecule has 1 aliphatic heterocycles. The van der Waals surface area contributed by atoms with E-state index in [1.54, 1.807) is 0 Å². The van der Waals surface area contributed by atoms with Crippen molar-refractivity contribution in [2.24, 2.45) is 0 Å². The van der Waals surface area contributed by atoms with Crippen LogP contribution in [-0.2, 0) is 0 Å². The average Bonchev–Trinajstić information content (AvgIpc) is 2.88. The minimum Gasteiger partial charge on any atom is -0.491 e. The largest absolute Gasteiger partial charge is 1.00 e. The van der Waals surface area contributed by atoms with Crippen LogP contribution in [0.2, 0.25) is 0 Å². The Morgan fingerprint density at radius 2 is 1.81 bits per heavy atom. The fraction of sp³-hybridized carbons (Fsp3) is 0.538. The van der Waals surface area contributed by atoms with Crippen LogP contribution in [0.1, 0.15) is 19.3 Å². The molecule has 8 heteroatoms. The van der Waals surface area contributed by atoms with Crippen molar-refractivity contribution in [3.05, 3.63) is 24.0 Å². The van der Waals surface area contributed by atoms with E-state index in [2.05, 4.69) is 4.90 Å². The summed E-state index contributed by atoms with van der Waals surface area (Å²) in [5.74, 6) is -1.07. The van der Waals surface area contributed by atoms with Gasteiger partial charge in [-0.1, -0.05) is 6.07 Å². The van der Waals surface area contributed by atoms with Gasteiger partial charge in [-0.25, -0.2) is 4.39 Å². The number of rotatable bonds is 6. The Balaban J connectivity index is 0.00000220. The van der Waals surface area contributed by atoms with Crippen molar-refractivity contribution in [2.75, 3.05) is 26.2 Å². The topological polar surface area (TPSA) is 12.5 Å². The maximum atomic E-state index is 13.4. The molecule has 112 valence electrons. The van der Waals surface area contributed by atoms with Crippen LogP contribution in [-0.4, -0.2) is 38.1 Å². The van der Waals surface area contributed by atoms with E-state index < -0.39 is 18.3 Å². The van der Waals surface area contributed by atoms with Crippen LogP contribution in [0, 0.1) is 5.82 Å². The second kappa shape index (κ2) is 8.88. The van der Waals surface area contributed by atoms with Crippen molar-refractivity contribution in [1.82, 2.24) is 4.90 Å². The van der Waals surface area contributed by atoms with Gasteiger partial charge in [-0.05, 0) is 44.5 Å². The Labute approximate surface area is 164 Å². The molecule has 1 aromatic carbocycles. The maximum absolute atomic E-state index is 13.4. The zero-order chi connectivity index (χ0) is 14.6. The normalized spacial score (nSPS) is 15.8. The Morgan fingerprint density at radius 1 is 1.14 bits per heavy atom. The number of benzene rings is 1. The molecule has 0 saturated carbocycles. The third-order valence-electron chi connectivity index (χ3n) is 3.41. The van der Waals surface area contributed by atoms with Gasteiger partial charge in [0.05, 0.1) is 6.61 Å². The van der Waals surface area contributed by atoms with Gasteiger partial charge in [0.25, 0.3) is 0 Å². The molecule has 2 nitrogen and oxygen atoms in total. The van der Waals surface area contributed by atoms with Gasteiger partial charge in [-0.15, -0.1) is 5.46 Å². The van der Waals surface area contributed by atoms with Gasteiger partial charge in [-0.2, -0.15) is 0 Å². The molecule has 1 saturated heterocycles. The minimum atomic E-state index is -5.13. The molecule has 2 rings (SSSR count). The van der Waals surface area contributed by atoms with Crippen LogP contribution in [0.3, 0.4) is 0 Å². The smallest absolute Gasteiger partial charge is 0.491 e. The van der Waals surface area contributed by atoms with Gasteiger partial charge in [0.15, 0.2) is 11.6 Å². The summed E-state index contributed by atoms with van der Waals surface area (Å²) in [5.41, 5.74) is -0.832. The van der Waals surface area contributed by atoms with E-state index in [-0.39, 0.29) is 63.7 Å². The molecule has 0 aromatic heterocycles. The molecule has 21 heavy (non-hydrogen) atoms. The molecule has 0 N–H and O–H groups in total. The standard InChI is InChI=1S/C13H17BF4NO.K/c15-12-5-4-11(14(16,17)18)10-13(12)20-9-3-8-19-6-1-2-7-19;/h4-5,10H,1-3,6-9H2;/q-1;+1. The number of hydrogen-bond donors (Lipinski definition) is 0. The Kier molecular flexibility index (Phi) is 8.23. The minimum absolute atomic E-state index is 0. The van der Waals surface area contributed by atoms with E-state index in [0.717, 1.165) is 37.8 Å². The van der Waals surface area contributed by atoms with Crippen molar-refractivity contribution in [2.45, 2.75) is 19.3 Å². The van der Waals surface area contributed by atoms with Crippen LogP contribution in [0.15, 0.2) is 18.2 Å². The summed E-state index contributed by atoms with van der Waals surface area (Å²) >= 11 is 0. The van der Waals surface area contributed by atoms with E-state index in [4.69, 9.17) is 4.74 Å². The van der Waals surface area contributed by atoms with Gasteiger partial charge in [-0.3, -0.25) is 0 Å². The molecular formula is C13H17BF4KNO. The van der Waals surface area contributed by atoms with Gasteiger partial charge in [0.2, 0.25) is 0 Å². The Hall–Kier alpha value is 0.401. The number of likely N-dealkylation sites (tertiary alicyclic amines) is 1. The third kappa shape index (κ3) is 6.19. The van der Waals surface area contributed by atoms with Crippen molar-refractivity contribution in [1.29, 1.82) is 0 Å². The zero-order valence-electron chi connectivity index (χ0n) is 12.1. The first-order valence-electron chi connectivity index (χ1n) is 6.81. The van der Waals surface area contributed by atoms with Crippen molar-refractivity contribution < 1.29 is 73.5 Å². The SMILES string of the molecule is Fc1ccc([B-](F)(F)F)cc1OCCCN1CCCC1.[K+]. The molecular weight excluding hydrogens is 312 g/mol. The van der Waals surface area contributed by atoms with E-state index in [9.17, 15) is 17.3 Å². The molecule has 1 fully saturated rings. The molecule has 0 radical (unpaired) electrons. The monoisotopic (exact) mass is 329 g/mol. The number of hydrogen-bond acceptors (Lipinski definition) is 2. The van der Waals surface area contributed by atoms with Gasteiger partial charge in [0.1, 0.15) is 0 Å². The van der Waals surface area contributed by atoms with Crippen molar-refractivity contribution in [3.8, 4) is 5.75 Å². The summed E-state index contributed by atoms with van der Waals surface area (Å²) in [6.45, 7) is -1.95. The fourth-order valence-electron chi connectivity index (χ4n) is 2.31. The molecule has 0 unspecified atom stereocenters. The summed E-state index contributed by atoms with van der Waals surface area (Å²) in [6, 6.07) is 2.29. The van der Waals surface area contributed by atoms with E-state index >= 15 is 0 Å². The number of ether oxygens (including phenoxy) is 1. The van der Waals surface area contributed by atoms with Crippen LogP contribution in [0.5, 0.6) is 5.75 Å². The summed E-state index contributed by atoms with van der Waals surface area (Å²) in [7, 11) is 0. The summed E-state index contributed by atoms with van der Waals surface area (Å²) in [4.78, 5) is 2.27. The summed E-state index contributed by atoms with van der Waals surface area (Å²) < 4.78 is 56.2. The van der Waals surface area contributed by atoms with Crippen molar-refractivity contribution in [3.63, 3.8) is 0 Å². The predicted molar refractivity (Wildman–Crippen MR) is 70.9 cm³/mol. The second-order valence-corrected chi connectivity index (χ2v) is 5.02. The molecule has 1 heterocycles. The van der Waals surface area contributed by atoms with Crippen LogP contribution >= 0.6 is 0 Å². The molecule has 1 aromatic rings. The van der Waals surface area contributed by atoms with E-state index in [0.29, 0.717) is 6.42 Å². The van der Waals surface area contributed by atoms with Gasteiger partial charge >= 0.3 is 58.4 Å². The van der Waals surface area contributed by atoms with E-state index in [1.807, 2.05) is 0 Å². The first kappa shape index (κ1) is 19.4. The number of nitrogens with zero attached hydrogens (tertiary/aromatic N) is 1. The molecule has 0 bridgehead atoms. The summed E-state index contributed by atoms with van der Waals surface area (Å²) in [6.07, 6.45) is 3.05. The third-order valence-corrected chi connectivity index (χ3v) is 3.41. The second-order valence-electron chi connectivity index (χ2n) is 5.02. The van der Waals surface area contributed by atoms with Crippen LogP contribution in [0.25, 0.3) is 0 Å². The van der Waals surface area contributed by atoms with Crippen LogP contribution in [0.4, 0.5) is 17.3 Å². The molecule has 0 amide bonds. The Bertz CT molecular complexity index is 452. The van der Waals surface area contributed by atoms with E-state index in [1.165, 1.54) is 12.8 Å². The summed E-state index contributed by atoms with van der Waals surface area (Å²) in [5, 5.41) is 0. The maximum Gasteiger partial charge on any atom is 1.00 e. The van der Waals surface area contributed by atoms with Gasteiger partial charge in [0, 0.05) is 6.54 Å². The Morgan fingerprint density at radius 3 is 2.43 bits per heavy atom.